The minimum Gasteiger partial charge on any atom is -0.345 e. The molecule has 1 fully saturated rings. The maximum Gasteiger partial charge on any atom is 0.253 e. The van der Waals surface area contributed by atoms with Crippen LogP contribution in [0.5, 0.6) is 0 Å². The second kappa shape index (κ2) is 5.66. The third-order valence-corrected chi connectivity index (χ3v) is 4.11. The van der Waals surface area contributed by atoms with E-state index in [-0.39, 0.29) is 17.7 Å². The molecule has 2 amide bonds. The number of nitrogens with one attached hydrogen (secondary N) is 1. The maximum absolute atomic E-state index is 12.3. The average molecular weight is 310 g/mol. The summed E-state index contributed by atoms with van der Waals surface area (Å²) in [5.41, 5.74) is 6.04. The van der Waals surface area contributed by atoms with Gasteiger partial charge in [0.05, 0.1) is 16.2 Å². The van der Waals surface area contributed by atoms with Gasteiger partial charge in [0, 0.05) is 19.7 Å². The van der Waals surface area contributed by atoms with E-state index in [9.17, 15) is 9.59 Å². The van der Waals surface area contributed by atoms with Gasteiger partial charge < -0.3 is 16.0 Å². The van der Waals surface area contributed by atoms with E-state index in [4.69, 9.17) is 17.3 Å². The van der Waals surface area contributed by atoms with Crippen molar-refractivity contribution in [2.24, 2.45) is 11.7 Å². The van der Waals surface area contributed by atoms with Gasteiger partial charge in [-0.25, -0.2) is 0 Å². The number of carbonyl (C=O) groups is 2. The number of carbonyl (C=O) groups excluding carboxylic acids is 2. The van der Waals surface area contributed by atoms with E-state index in [2.05, 4.69) is 5.32 Å². The minimum absolute atomic E-state index is 0.153. The Balaban J connectivity index is 2.21. The lowest BCUT2D eigenvalue weighted by molar-refractivity contribution is -0.121. The Kier molecular flexibility index (Phi) is 4.25. The predicted octanol–water partition coefficient (Wildman–Crippen LogP) is 2.11. The predicted molar refractivity (Wildman–Crippen MR) is 83.4 cm³/mol. The van der Waals surface area contributed by atoms with Crippen molar-refractivity contribution in [1.82, 2.24) is 4.90 Å². The van der Waals surface area contributed by atoms with E-state index in [1.165, 1.54) is 4.90 Å². The summed E-state index contributed by atoms with van der Waals surface area (Å²) in [4.78, 5) is 25.7. The highest BCUT2D eigenvalue weighted by Gasteiger charge is 2.44. The van der Waals surface area contributed by atoms with Crippen LogP contribution in [0.2, 0.25) is 5.02 Å². The van der Waals surface area contributed by atoms with Crippen LogP contribution in [-0.4, -0.2) is 36.3 Å². The third kappa shape index (κ3) is 3.36. The third-order valence-electron chi connectivity index (χ3n) is 3.78. The lowest BCUT2D eigenvalue weighted by Crippen LogP contribution is -2.50. The van der Waals surface area contributed by atoms with Crippen LogP contribution in [-0.2, 0) is 4.79 Å². The molecule has 1 unspecified atom stereocenters. The molecule has 1 aliphatic rings. The normalized spacial score (nSPS) is 17.0. The van der Waals surface area contributed by atoms with Crippen LogP contribution in [0.3, 0.4) is 0 Å². The van der Waals surface area contributed by atoms with Gasteiger partial charge in [0.1, 0.15) is 0 Å². The molecule has 6 heteroatoms. The Labute approximate surface area is 129 Å². The first-order valence-corrected chi connectivity index (χ1v) is 7.23. The smallest absolute Gasteiger partial charge is 0.253 e. The zero-order valence-corrected chi connectivity index (χ0v) is 13.2. The van der Waals surface area contributed by atoms with Crippen LogP contribution in [0.25, 0.3) is 0 Å². The van der Waals surface area contributed by atoms with Gasteiger partial charge in [0.15, 0.2) is 0 Å². The van der Waals surface area contributed by atoms with E-state index in [0.29, 0.717) is 16.3 Å². The van der Waals surface area contributed by atoms with Gasteiger partial charge in [0.2, 0.25) is 5.91 Å². The van der Waals surface area contributed by atoms with Crippen molar-refractivity contribution in [2.45, 2.75) is 25.3 Å². The fourth-order valence-corrected chi connectivity index (χ4v) is 2.30. The molecule has 5 nitrogen and oxygen atoms in total. The Morgan fingerprint density at radius 3 is 2.52 bits per heavy atom. The van der Waals surface area contributed by atoms with Gasteiger partial charge in [-0.05, 0) is 43.9 Å². The summed E-state index contributed by atoms with van der Waals surface area (Å²) in [7, 11) is 3.33. The number of amides is 2. The van der Waals surface area contributed by atoms with Crippen molar-refractivity contribution in [3.63, 3.8) is 0 Å². The van der Waals surface area contributed by atoms with Crippen molar-refractivity contribution < 1.29 is 9.59 Å². The van der Waals surface area contributed by atoms with Crippen LogP contribution in [0, 0.1) is 5.92 Å². The quantitative estimate of drug-likeness (QED) is 0.894. The lowest BCUT2D eigenvalue weighted by atomic mass is 9.96. The summed E-state index contributed by atoms with van der Waals surface area (Å²) in [5.74, 6) is -0.218. The van der Waals surface area contributed by atoms with Gasteiger partial charge in [-0.3, -0.25) is 9.59 Å². The molecule has 1 aliphatic carbocycles. The second-order valence-corrected chi connectivity index (χ2v) is 6.31. The Bertz CT molecular complexity index is 580. The fraction of sp³-hybridized carbons (Fsp3) is 0.467. The van der Waals surface area contributed by atoms with Gasteiger partial charge in [-0.1, -0.05) is 11.6 Å². The number of rotatable bonds is 4. The molecular weight excluding hydrogens is 290 g/mol. The molecule has 1 atom stereocenters. The van der Waals surface area contributed by atoms with Crippen molar-refractivity contribution in [3.05, 3.63) is 28.8 Å². The minimum atomic E-state index is -0.912. The lowest BCUT2D eigenvalue weighted by Gasteiger charge is -2.23. The molecule has 0 aliphatic heterocycles. The highest BCUT2D eigenvalue weighted by molar-refractivity contribution is 6.34. The highest BCUT2D eigenvalue weighted by atomic mass is 35.5. The van der Waals surface area contributed by atoms with E-state index in [1.54, 1.807) is 39.2 Å². The second-order valence-electron chi connectivity index (χ2n) is 5.91. The summed E-state index contributed by atoms with van der Waals surface area (Å²) in [6.07, 6.45) is 1.93. The number of hydrogen-bond donors (Lipinski definition) is 2. The van der Waals surface area contributed by atoms with Crippen LogP contribution in [0.1, 0.15) is 30.1 Å². The summed E-state index contributed by atoms with van der Waals surface area (Å²) in [6.45, 7) is 1.72. The molecule has 0 bridgehead atoms. The van der Waals surface area contributed by atoms with Crippen LogP contribution < -0.4 is 11.1 Å². The molecule has 0 spiro atoms. The van der Waals surface area contributed by atoms with Gasteiger partial charge in [-0.2, -0.15) is 0 Å². The summed E-state index contributed by atoms with van der Waals surface area (Å²) >= 11 is 6.09. The number of halogens is 1. The molecule has 3 N–H and O–H groups in total. The standard InChI is InChI=1S/C15H20ClN3O2/c1-15(17,10-5-6-10)14(21)18-12-8-9(4-7-11(12)16)13(20)19(2)3/h4,7-8,10H,5-6,17H2,1-3H3,(H,18,21). The number of nitrogens with two attached hydrogens (primary N) is 1. The van der Waals surface area contributed by atoms with E-state index in [0.717, 1.165) is 12.8 Å². The topological polar surface area (TPSA) is 75.4 Å². The van der Waals surface area contributed by atoms with Crippen LogP contribution >= 0.6 is 11.6 Å². The monoisotopic (exact) mass is 309 g/mol. The van der Waals surface area contributed by atoms with Gasteiger partial charge in [-0.15, -0.1) is 0 Å². The largest absolute Gasteiger partial charge is 0.345 e. The zero-order valence-electron chi connectivity index (χ0n) is 12.4. The molecule has 1 saturated carbocycles. The molecule has 2 rings (SSSR count). The van der Waals surface area contributed by atoms with E-state index in [1.807, 2.05) is 0 Å². The van der Waals surface area contributed by atoms with Crippen molar-refractivity contribution >= 4 is 29.1 Å². The summed E-state index contributed by atoms with van der Waals surface area (Å²) in [5, 5.41) is 3.12. The zero-order chi connectivity index (χ0) is 15.8. The number of benzene rings is 1. The summed E-state index contributed by atoms with van der Waals surface area (Å²) in [6, 6.07) is 4.80. The summed E-state index contributed by atoms with van der Waals surface area (Å²) < 4.78 is 0. The Morgan fingerprint density at radius 2 is 2.00 bits per heavy atom. The number of hydrogen-bond acceptors (Lipinski definition) is 3. The van der Waals surface area contributed by atoms with Crippen molar-refractivity contribution in [2.75, 3.05) is 19.4 Å². The SMILES string of the molecule is CN(C)C(=O)c1ccc(Cl)c(NC(=O)C(C)(N)C2CC2)c1. The Hall–Kier alpha value is -1.59. The van der Waals surface area contributed by atoms with Gasteiger partial charge in [0.25, 0.3) is 5.91 Å². The molecule has 114 valence electrons. The average Bonchev–Trinajstić information content (AvgIpc) is 3.24. The molecule has 0 saturated heterocycles. The van der Waals surface area contributed by atoms with Crippen LogP contribution in [0.15, 0.2) is 18.2 Å². The Morgan fingerprint density at radius 1 is 1.38 bits per heavy atom. The molecule has 0 radical (unpaired) electrons. The maximum atomic E-state index is 12.3. The van der Waals surface area contributed by atoms with E-state index >= 15 is 0 Å². The van der Waals surface area contributed by atoms with Crippen molar-refractivity contribution in [1.29, 1.82) is 0 Å². The molecule has 21 heavy (non-hydrogen) atoms. The number of nitrogens with zero attached hydrogens (tertiary/aromatic N) is 1. The van der Waals surface area contributed by atoms with Crippen molar-refractivity contribution in [3.8, 4) is 0 Å². The molecule has 0 heterocycles. The first-order chi connectivity index (χ1) is 9.73. The first kappa shape index (κ1) is 15.8. The molecule has 1 aromatic rings. The van der Waals surface area contributed by atoms with Crippen LogP contribution in [0.4, 0.5) is 5.69 Å². The van der Waals surface area contributed by atoms with Gasteiger partial charge >= 0.3 is 0 Å². The fourth-order valence-electron chi connectivity index (χ4n) is 2.14. The molecular formula is C15H20ClN3O2. The molecule has 1 aromatic carbocycles. The number of anilines is 1. The highest BCUT2D eigenvalue weighted by Crippen LogP contribution is 2.39. The first-order valence-electron chi connectivity index (χ1n) is 6.85. The molecule has 0 aromatic heterocycles. The van der Waals surface area contributed by atoms with E-state index < -0.39 is 5.54 Å².